The molecule has 0 fully saturated rings. The normalized spacial score (nSPS) is 9.86. The molecule has 0 aliphatic rings. The first-order chi connectivity index (χ1) is 23.0. The quantitative estimate of drug-likeness (QED) is 0.0440. The van der Waals surface area contributed by atoms with Crippen molar-refractivity contribution in [3.05, 3.63) is 0 Å². The summed E-state index contributed by atoms with van der Waals surface area (Å²) in [7, 11) is 0. The van der Waals surface area contributed by atoms with Gasteiger partial charge in [-0.15, -0.1) is 0 Å². The Hall–Kier alpha value is -2.36. The van der Waals surface area contributed by atoms with Gasteiger partial charge in [-0.3, -0.25) is 14.4 Å². The van der Waals surface area contributed by atoms with Gasteiger partial charge in [-0.1, -0.05) is 78.6 Å². The minimum atomic E-state index is -1.06. The molecule has 0 N–H and O–H groups in total. The van der Waals surface area contributed by atoms with Crippen LogP contribution in [0.2, 0.25) is 0 Å². The van der Waals surface area contributed by atoms with Crippen LogP contribution < -0.4 is 15.3 Å². The average molecular weight is 810 g/mol. The van der Waals surface area contributed by atoms with E-state index in [1.165, 1.54) is 19.3 Å². The van der Waals surface area contributed by atoms with Crippen molar-refractivity contribution < 1.29 is 58.3 Å². The standard InChI is InChI=1S/3C12H22O4.Sb/c3*1-2-3-4-7-10-16-12(15)9-6-5-8-11(13)14;/h3*2-10H2,1H3,(H,13,14);/q;;;+3/p-3. The minimum Gasteiger partial charge on any atom is -0.550 e. The fourth-order valence-corrected chi connectivity index (χ4v) is 3.98. The molecule has 0 bridgehead atoms. The molecule has 284 valence electrons. The topological polar surface area (TPSA) is 199 Å². The maximum atomic E-state index is 11.1. The molecule has 0 saturated heterocycles. The van der Waals surface area contributed by atoms with Crippen LogP contribution in [0, 0.1) is 0 Å². The van der Waals surface area contributed by atoms with Crippen molar-refractivity contribution in [2.45, 2.75) is 175 Å². The van der Waals surface area contributed by atoms with Crippen LogP contribution in [0.15, 0.2) is 0 Å². The number of aliphatic carboxylic acids is 3. The smallest absolute Gasteiger partial charge is 0.550 e. The van der Waals surface area contributed by atoms with Gasteiger partial charge in [-0.05, 0) is 77.0 Å². The van der Waals surface area contributed by atoms with Gasteiger partial charge in [0.15, 0.2) is 0 Å². The molecule has 0 aliphatic heterocycles. The van der Waals surface area contributed by atoms with Crippen molar-refractivity contribution in [1.82, 2.24) is 0 Å². The molecule has 0 aromatic carbocycles. The first-order valence-corrected chi connectivity index (χ1v) is 18.1. The van der Waals surface area contributed by atoms with Crippen LogP contribution in [0.4, 0.5) is 0 Å². The van der Waals surface area contributed by atoms with E-state index in [0.29, 0.717) is 77.6 Å². The fraction of sp³-hybridized carbons (Fsp3) is 0.833. The van der Waals surface area contributed by atoms with E-state index in [4.69, 9.17) is 14.2 Å². The average Bonchev–Trinajstić information content (AvgIpc) is 3.03. The largest absolute Gasteiger partial charge is 3.00 e. The molecule has 2 radical (unpaired) electrons. The minimum absolute atomic E-state index is 0. The third-order valence-electron chi connectivity index (χ3n) is 6.82. The first kappa shape index (κ1) is 53.4. The van der Waals surface area contributed by atoms with Crippen LogP contribution in [-0.2, 0) is 43.0 Å². The molecule has 0 amide bonds. The molecule has 0 rings (SSSR count). The Labute approximate surface area is 312 Å². The number of esters is 3. The Morgan fingerprint density at radius 2 is 0.571 bits per heavy atom. The predicted octanol–water partition coefficient (Wildman–Crippen LogP) is 3.88. The van der Waals surface area contributed by atoms with E-state index in [-0.39, 0.29) is 61.6 Å². The molecule has 13 heteroatoms. The Morgan fingerprint density at radius 1 is 0.347 bits per heavy atom. The predicted molar refractivity (Wildman–Crippen MR) is 181 cm³/mol. The maximum Gasteiger partial charge on any atom is 3.00 e. The summed E-state index contributed by atoms with van der Waals surface area (Å²) < 4.78 is 15.0. The fourth-order valence-electron chi connectivity index (χ4n) is 3.98. The molecule has 12 nitrogen and oxygen atoms in total. The summed E-state index contributed by atoms with van der Waals surface area (Å²) >= 11 is 0. The van der Waals surface area contributed by atoms with E-state index < -0.39 is 17.9 Å². The van der Waals surface area contributed by atoms with Crippen LogP contribution >= 0.6 is 0 Å². The Morgan fingerprint density at radius 3 is 0.776 bits per heavy atom. The second-order valence-corrected chi connectivity index (χ2v) is 11.6. The van der Waals surface area contributed by atoms with E-state index in [9.17, 15) is 44.1 Å². The molecule has 0 unspecified atom stereocenters. The molecular weight excluding hydrogens is 746 g/mol. The molecule has 0 spiro atoms. The van der Waals surface area contributed by atoms with Crippen LogP contribution in [0.1, 0.15) is 175 Å². The van der Waals surface area contributed by atoms with Gasteiger partial charge in [0.25, 0.3) is 0 Å². The summed E-state index contributed by atoms with van der Waals surface area (Å²) in [5.74, 6) is -3.87. The van der Waals surface area contributed by atoms with Crippen LogP contribution in [-0.4, -0.2) is 80.1 Å². The monoisotopic (exact) mass is 808 g/mol. The summed E-state index contributed by atoms with van der Waals surface area (Å²) in [6.45, 7) is 7.84. The van der Waals surface area contributed by atoms with Crippen molar-refractivity contribution >= 4 is 60.2 Å². The molecule has 49 heavy (non-hydrogen) atoms. The summed E-state index contributed by atoms with van der Waals surface area (Å²) in [6.07, 6.45) is 17.1. The van der Waals surface area contributed by atoms with E-state index in [1.807, 2.05) is 0 Å². The number of carbonyl (C=O) groups excluding carboxylic acids is 6. The van der Waals surface area contributed by atoms with Gasteiger partial charge in [0, 0.05) is 37.2 Å². The molecule has 0 aliphatic carbocycles. The third-order valence-corrected chi connectivity index (χ3v) is 6.82. The van der Waals surface area contributed by atoms with Crippen molar-refractivity contribution in [3.8, 4) is 0 Å². The Balaban J connectivity index is -0.000000307. The Kier molecular flexibility index (Phi) is 47.6. The van der Waals surface area contributed by atoms with Gasteiger partial charge < -0.3 is 43.9 Å². The maximum absolute atomic E-state index is 11.1. The first-order valence-electron chi connectivity index (χ1n) is 18.1. The second kappa shape index (κ2) is 43.7. The van der Waals surface area contributed by atoms with E-state index >= 15 is 0 Å². The number of carboxylic acid groups (broad SMARTS) is 3. The number of carbonyl (C=O) groups is 6. The summed E-state index contributed by atoms with van der Waals surface area (Å²) in [5, 5.41) is 30.3. The van der Waals surface area contributed by atoms with Crippen LogP contribution in [0.5, 0.6) is 0 Å². The van der Waals surface area contributed by atoms with Gasteiger partial charge in [0.2, 0.25) is 0 Å². The van der Waals surface area contributed by atoms with Gasteiger partial charge in [0.1, 0.15) is 0 Å². The van der Waals surface area contributed by atoms with Gasteiger partial charge in [-0.2, -0.15) is 0 Å². The zero-order valence-corrected chi connectivity index (χ0v) is 33.0. The summed E-state index contributed by atoms with van der Waals surface area (Å²) in [4.78, 5) is 63.7. The number of unbranched alkanes of at least 4 members (excludes halogenated alkanes) is 12. The summed E-state index contributed by atoms with van der Waals surface area (Å²) in [6, 6.07) is 0. The van der Waals surface area contributed by atoms with E-state index in [1.54, 1.807) is 0 Å². The van der Waals surface area contributed by atoms with Crippen molar-refractivity contribution in [2.24, 2.45) is 0 Å². The van der Waals surface area contributed by atoms with Gasteiger partial charge >= 0.3 is 42.3 Å². The van der Waals surface area contributed by atoms with Crippen LogP contribution in [0.25, 0.3) is 0 Å². The van der Waals surface area contributed by atoms with Crippen molar-refractivity contribution in [2.75, 3.05) is 19.8 Å². The van der Waals surface area contributed by atoms with E-state index in [0.717, 1.165) is 57.8 Å². The molecule has 0 heterocycles. The zero-order chi connectivity index (χ0) is 36.7. The number of carboxylic acids is 3. The molecular formula is C36H63O12Sb. The van der Waals surface area contributed by atoms with Gasteiger partial charge in [0.05, 0.1) is 19.8 Å². The summed E-state index contributed by atoms with van der Waals surface area (Å²) in [5.41, 5.74) is 0. The third kappa shape index (κ3) is 55.3. The molecule has 0 aromatic heterocycles. The van der Waals surface area contributed by atoms with Crippen molar-refractivity contribution in [1.29, 1.82) is 0 Å². The second-order valence-electron chi connectivity index (χ2n) is 11.6. The van der Waals surface area contributed by atoms with Crippen LogP contribution in [0.3, 0.4) is 0 Å². The van der Waals surface area contributed by atoms with Gasteiger partial charge in [-0.25, -0.2) is 0 Å². The molecule has 0 aromatic rings. The number of hydrogen-bond acceptors (Lipinski definition) is 12. The number of hydrogen-bond donors (Lipinski definition) is 0. The SMILES string of the molecule is CCCCCCOC(=O)CCCCC(=O)[O-].CCCCCCOC(=O)CCCCC(=O)[O-].CCCCCCOC(=O)CCCCC(=O)[O-].[Sb+3]. The molecule has 0 atom stereocenters. The van der Waals surface area contributed by atoms with E-state index in [2.05, 4.69) is 20.8 Å². The number of rotatable bonds is 30. The molecule has 0 saturated carbocycles. The number of ether oxygens (including phenoxy) is 3. The zero-order valence-electron chi connectivity index (χ0n) is 30.4. The van der Waals surface area contributed by atoms with Crippen molar-refractivity contribution in [3.63, 3.8) is 0 Å². The Bertz CT molecular complexity index is 715.